The lowest BCUT2D eigenvalue weighted by atomic mass is 9.96. The summed E-state index contributed by atoms with van der Waals surface area (Å²) in [7, 11) is 1.68. The molecule has 1 saturated heterocycles. The van der Waals surface area contributed by atoms with Crippen molar-refractivity contribution >= 4 is 22.8 Å². The smallest absolute Gasteiger partial charge is 0.245 e. The van der Waals surface area contributed by atoms with Gasteiger partial charge in [0.05, 0.1) is 18.0 Å². The van der Waals surface area contributed by atoms with E-state index in [4.69, 9.17) is 15.2 Å². The van der Waals surface area contributed by atoms with E-state index in [1.807, 2.05) is 59.5 Å². The largest absolute Gasteiger partial charge is 0.457 e. The lowest BCUT2D eigenvalue weighted by Crippen LogP contribution is -2.37. The van der Waals surface area contributed by atoms with Crippen LogP contribution in [0.15, 0.2) is 73.6 Å². The first-order valence-electron chi connectivity index (χ1n) is 13.4. The van der Waals surface area contributed by atoms with Gasteiger partial charge in [-0.05, 0) is 61.6 Å². The standard InChI is InChI=1S/C32H33N5O3/c1-4-28(38)36-18-16-23(17-19-36)10-15-27-29(24-11-13-26(14-12-24)40-25-8-6-5-7-9-25)30-31(33)34-21-35-32(30)37(27)22(2)20-39-3/h4-9,11-14,21-23H,1,16-20H2,2-3H3,(H2,33,34,35). The van der Waals surface area contributed by atoms with Crippen LogP contribution in [0.1, 0.15) is 31.5 Å². The van der Waals surface area contributed by atoms with Gasteiger partial charge in [-0.15, -0.1) is 0 Å². The second-order valence-corrected chi connectivity index (χ2v) is 9.87. The number of hydrogen-bond acceptors (Lipinski definition) is 6. The van der Waals surface area contributed by atoms with Gasteiger partial charge in [0.1, 0.15) is 35.0 Å². The Kier molecular flexibility index (Phi) is 8.13. The second-order valence-electron chi connectivity index (χ2n) is 9.87. The van der Waals surface area contributed by atoms with Gasteiger partial charge in [0.15, 0.2) is 0 Å². The summed E-state index contributed by atoms with van der Waals surface area (Å²) in [4.78, 5) is 22.8. The number of nitrogen functional groups attached to an aromatic ring is 1. The van der Waals surface area contributed by atoms with Gasteiger partial charge in [-0.25, -0.2) is 9.97 Å². The lowest BCUT2D eigenvalue weighted by Gasteiger charge is -2.28. The topological polar surface area (TPSA) is 95.5 Å². The molecule has 1 atom stereocenters. The zero-order valence-electron chi connectivity index (χ0n) is 22.8. The summed E-state index contributed by atoms with van der Waals surface area (Å²) in [5.41, 5.74) is 9.81. The van der Waals surface area contributed by atoms with Gasteiger partial charge in [-0.3, -0.25) is 4.79 Å². The number of amides is 1. The maximum Gasteiger partial charge on any atom is 0.245 e. The Morgan fingerprint density at radius 3 is 2.50 bits per heavy atom. The Labute approximate surface area is 234 Å². The highest BCUT2D eigenvalue weighted by molar-refractivity contribution is 6.03. The number of nitrogens with two attached hydrogens (primary N) is 1. The van der Waals surface area contributed by atoms with Crippen LogP contribution in [0, 0.1) is 17.8 Å². The molecule has 1 unspecified atom stereocenters. The molecule has 40 heavy (non-hydrogen) atoms. The number of piperidine rings is 1. The minimum atomic E-state index is -0.0485. The van der Waals surface area contributed by atoms with Gasteiger partial charge >= 0.3 is 0 Å². The van der Waals surface area contributed by atoms with E-state index in [9.17, 15) is 4.79 Å². The van der Waals surface area contributed by atoms with Crippen molar-refractivity contribution in [3.05, 3.63) is 79.3 Å². The normalized spacial score (nSPS) is 14.4. The van der Waals surface area contributed by atoms with Crippen molar-refractivity contribution in [3.63, 3.8) is 0 Å². The molecule has 1 fully saturated rings. The van der Waals surface area contributed by atoms with Crippen molar-refractivity contribution in [1.82, 2.24) is 19.4 Å². The summed E-state index contributed by atoms with van der Waals surface area (Å²) in [6.07, 6.45) is 4.47. The Morgan fingerprint density at radius 2 is 1.82 bits per heavy atom. The lowest BCUT2D eigenvalue weighted by molar-refractivity contribution is -0.127. The number of aromatic nitrogens is 3. The summed E-state index contributed by atoms with van der Waals surface area (Å²) in [6, 6.07) is 17.5. The molecule has 3 heterocycles. The summed E-state index contributed by atoms with van der Waals surface area (Å²) < 4.78 is 13.6. The van der Waals surface area contributed by atoms with Crippen LogP contribution < -0.4 is 10.5 Å². The molecular formula is C32H33N5O3. The van der Waals surface area contributed by atoms with Gasteiger partial charge in [0.2, 0.25) is 5.91 Å². The molecule has 5 rings (SSSR count). The fraction of sp³-hybridized carbons (Fsp3) is 0.281. The molecule has 2 aromatic carbocycles. The average molecular weight is 536 g/mol. The predicted molar refractivity (Wildman–Crippen MR) is 157 cm³/mol. The van der Waals surface area contributed by atoms with E-state index in [1.54, 1.807) is 7.11 Å². The highest BCUT2D eigenvalue weighted by atomic mass is 16.5. The van der Waals surface area contributed by atoms with E-state index in [0.29, 0.717) is 31.2 Å². The van der Waals surface area contributed by atoms with E-state index in [2.05, 4.69) is 39.9 Å². The number of benzene rings is 2. The number of carbonyl (C=O) groups is 1. The van der Waals surface area contributed by atoms with E-state index < -0.39 is 0 Å². The Hall–Kier alpha value is -4.61. The summed E-state index contributed by atoms with van der Waals surface area (Å²) in [5, 5.41) is 0.762. The van der Waals surface area contributed by atoms with Crippen LogP contribution in [0.25, 0.3) is 22.2 Å². The van der Waals surface area contributed by atoms with Crippen LogP contribution in [0.3, 0.4) is 0 Å². The molecule has 4 aromatic rings. The van der Waals surface area contributed by atoms with Crippen LogP contribution in [0.4, 0.5) is 5.82 Å². The number of rotatable bonds is 7. The first-order chi connectivity index (χ1) is 19.5. The third kappa shape index (κ3) is 5.56. The van der Waals surface area contributed by atoms with Crippen molar-refractivity contribution in [2.75, 3.05) is 32.5 Å². The molecule has 8 heteroatoms. The first-order valence-corrected chi connectivity index (χ1v) is 13.4. The van der Waals surface area contributed by atoms with E-state index >= 15 is 0 Å². The summed E-state index contributed by atoms with van der Waals surface area (Å²) >= 11 is 0. The molecule has 0 radical (unpaired) electrons. The van der Waals surface area contributed by atoms with Crippen molar-refractivity contribution in [3.8, 4) is 34.5 Å². The number of nitrogens with zero attached hydrogens (tertiary/aromatic N) is 4. The predicted octanol–water partition coefficient (Wildman–Crippen LogP) is 5.46. The van der Waals surface area contributed by atoms with Gasteiger partial charge < -0.3 is 24.7 Å². The number of anilines is 1. The summed E-state index contributed by atoms with van der Waals surface area (Å²) in [5.74, 6) is 9.02. The van der Waals surface area contributed by atoms with Gasteiger partial charge in [-0.2, -0.15) is 0 Å². The monoisotopic (exact) mass is 535 g/mol. The number of para-hydroxylation sites is 1. The van der Waals surface area contributed by atoms with Crippen molar-refractivity contribution in [1.29, 1.82) is 0 Å². The molecule has 8 nitrogen and oxygen atoms in total. The minimum absolute atomic E-state index is 0.0315. The number of fused-ring (bicyclic) bond motifs is 1. The number of likely N-dealkylation sites (tertiary alicyclic amines) is 1. The second kappa shape index (κ2) is 12.1. The SMILES string of the molecule is C=CC(=O)N1CCC(C#Cc2c(-c3ccc(Oc4ccccc4)cc3)c3c(N)ncnc3n2C(C)COC)CC1. The third-order valence-corrected chi connectivity index (χ3v) is 7.16. The maximum absolute atomic E-state index is 12.0. The van der Waals surface area contributed by atoms with Crippen LogP contribution >= 0.6 is 0 Å². The molecular weight excluding hydrogens is 502 g/mol. The maximum atomic E-state index is 12.0. The van der Waals surface area contributed by atoms with Crippen molar-refractivity contribution in [2.45, 2.75) is 25.8 Å². The Morgan fingerprint density at radius 1 is 1.12 bits per heavy atom. The van der Waals surface area contributed by atoms with Crippen LogP contribution in [-0.2, 0) is 9.53 Å². The molecule has 0 spiro atoms. The highest BCUT2D eigenvalue weighted by Crippen LogP contribution is 2.39. The summed E-state index contributed by atoms with van der Waals surface area (Å²) in [6.45, 7) is 7.50. The zero-order chi connectivity index (χ0) is 28.1. The van der Waals surface area contributed by atoms with Gasteiger partial charge in [0.25, 0.3) is 0 Å². The molecule has 0 saturated carbocycles. The van der Waals surface area contributed by atoms with Gasteiger partial charge in [-0.1, -0.05) is 42.8 Å². The fourth-order valence-electron chi connectivity index (χ4n) is 5.16. The molecule has 0 aliphatic carbocycles. The molecule has 1 aliphatic heterocycles. The van der Waals surface area contributed by atoms with Crippen LogP contribution in [-0.4, -0.2) is 52.1 Å². The number of carbonyl (C=O) groups excluding carboxylic acids is 1. The third-order valence-electron chi connectivity index (χ3n) is 7.16. The zero-order valence-corrected chi connectivity index (χ0v) is 22.8. The molecule has 1 aliphatic rings. The number of hydrogen-bond donors (Lipinski definition) is 1. The molecule has 2 aromatic heterocycles. The quantitative estimate of drug-likeness (QED) is 0.250. The average Bonchev–Trinajstić information content (AvgIpc) is 3.32. The Balaban J connectivity index is 1.57. The number of ether oxygens (including phenoxy) is 2. The Bertz CT molecular complexity index is 1560. The van der Waals surface area contributed by atoms with Crippen molar-refractivity contribution < 1.29 is 14.3 Å². The van der Waals surface area contributed by atoms with E-state index in [1.165, 1.54) is 12.4 Å². The molecule has 1 amide bonds. The number of methoxy groups -OCH3 is 1. The molecule has 2 N–H and O–H groups in total. The first kappa shape index (κ1) is 27.0. The highest BCUT2D eigenvalue weighted by Gasteiger charge is 2.25. The van der Waals surface area contributed by atoms with Gasteiger partial charge in [0, 0.05) is 31.7 Å². The van der Waals surface area contributed by atoms with Crippen LogP contribution in [0.5, 0.6) is 11.5 Å². The molecule has 0 bridgehead atoms. The van der Waals surface area contributed by atoms with E-state index in [0.717, 1.165) is 46.5 Å². The van der Waals surface area contributed by atoms with Crippen molar-refractivity contribution in [2.24, 2.45) is 5.92 Å². The fourth-order valence-corrected chi connectivity index (χ4v) is 5.16. The molecule has 204 valence electrons. The van der Waals surface area contributed by atoms with Crippen LogP contribution in [0.2, 0.25) is 0 Å². The van der Waals surface area contributed by atoms with E-state index in [-0.39, 0.29) is 17.9 Å². The minimum Gasteiger partial charge on any atom is -0.457 e.